The molecule has 2 saturated carbocycles. The summed E-state index contributed by atoms with van der Waals surface area (Å²) in [7, 11) is 3.11. The molecule has 304 valence electrons. The zero-order valence-corrected chi connectivity index (χ0v) is 33.2. The van der Waals surface area contributed by atoms with Crippen molar-refractivity contribution >= 4 is 41.2 Å². The van der Waals surface area contributed by atoms with Crippen LogP contribution in [-0.2, 0) is 33.5 Å². The van der Waals surface area contributed by atoms with Crippen LogP contribution in [0, 0.1) is 34.5 Å². The van der Waals surface area contributed by atoms with Crippen molar-refractivity contribution in [3.05, 3.63) is 35.9 Å². The maximum absolute atomic E-state index is 14.3. The Kier molecular flexibility index (Phi) is 12.7. The second kappa shape index (κ2) is 16.0. The number of fused-ring (bicyclic) bond motifs is 1. The number of alkyl carbamates (subject to hydrolysis) is 1. The average molecular weight is 777 g/mol. The van der Waals surface area contributed by atoms with Gasteiger partial charge in [0.25, 0.3) is 0 Å². The molecule has 0 radical (unpaired) electrons. The fraction of sp³-hybridized carbons (Fsp3) is 0.675. The monoisotopic (exact) mass is 776 g/mol. The number of alkyl halides is 3. The number of hydrogen-bond acceptors (Lipinski definition) is 8. The summed E-state index contributed by atoms with van der Waals surface area (Å²) in [4.78, 5) is 96.7. The molecule has 2 N–H and O–H groups in total. The van der Waals surface area contributed by atoms with E-state index in [1.54, 1.807) is 65.2 Å². The van der Waals surface area contributed by atoms with Crippen molar-refractivity contribution in [3.8, 4) is 0 Å². The SMILES string of the molecule is CN(C)C(=O)[C@@H](NC(=O)CCC(=O)C(=O)C(CC(=O)C1[C@@H]2C(CN1C(=O)[C@@H](NC(=O)OC(C)(C)C(F)(F)F)C(C)(C)C)C2(C)C)CC1CC1)c1ccccc1. The zero-order chi connectivity index (χ0) is 41.4. The number of likely N-dealkylation sites (N-methyl/N-ethyl adjacent to an activating group) is 1. The summed E-state index contributed by atoms with van der Waals surface area (Å²) >= 11 is 0. The first-order chi connectivity index (χ1) is 25.3. The normalized spacial score (nSPS) is 22.0. The van der Waals surface area contributed by atoms with Crippen LogP contribution in [0.2, 0.25) is 0 Å². The predicted octanol–water partition coefficient (Wildman–Crippen LogP) is 5.19. The minimum absolute atomic E-state index is 0.0704. The van der Waals surface area contributed by atoms with Crippen LogP contribution >= 0.6 is 0 Å². The number of piperidine rings is 1. The van der Waals surface area contributed by atoms with E-state index in [0.717, 1.165) is 12.8 Å². The molecule has 4 rings (SSSR count). The molecule has 1 aromatic rings. The van der Waals surface area contributed by atoms with E-state index in [0.29, 0.717) is 25.8 Å². The number of benzene rings is 1. The highest BCUT2D eigenvalue weighted by Crippen LogP contribution is 2.65. The van der Waals surface area contributed by atoms with Gasteiger partial charge in [0.1, 0.15) is 12.1 Å². The summed E-state index contributed by atoms with van der Waals surface area (Å²) in [5.74, 6) is -4.81. The number of likely N-dealkylation sites (tertiary alicyclic amines) is 1. The summed E-state index contributed by atoms with van der Waals surface area (Å²) in [6.07, 6.45) is -5.45. The van der Waals surface area contributed by atoms with Crippen molar-refractivity contribution in [2.75, 3.05) is 20.6 Å². The Bertz CT molecular complexity index is 1670. The lowest BCUT2D eigenvalue weighted by atomic mass is 9.83. The maximum Gasteiger partial charge on any atom is 0.427 e. The van der Waals surface area contributed by atoms with Gasteiger partial charge in [0.15, 0.2) is 11.6 Å². The van der Waals surface area contributed by atoms with Crippen molar-refractivity contribution in [1.29, 1.82) is 0 Å². The molecule has 3 aliphatic rings. The standard InChI is InChI=1S/C40H55F3N4O8/c1-37(2,3)33(45-36(54)55-39(6,7)40(41,42)43)35(53)47-21-25-29(38(25,4)5)31(47)27(49)20-24(19-22-15-16-22)32(51)26(48)17-18-28(50)44-30(34(52)46(8)9)23-13-11-10-12-14-23/h10-14,22,24-25,29-31,33H,15-21H2,1-9H3,(H,44,50)(H,45,54)/t24?,25?,29-,30-,31?,33+/m0/s1. The molecule has 4 amide bonds. The van der Waals surface area contributed by atoms with E-state index in [1.807, 2.05) is 13.8 Å². The molecule has 1 aromatic carbocycles. The minimum Gasteiger partial charge on any atom is -0.434 e. The molecule has 0 spiro atoms. The molecule has 15 heteroatoms. The Morgan fingerprint density at radius 3 is 2.05 bits per heavy atom. The van der Waals surface area contributed by atoms with Gasteiger partial charge < -0.3 is 25.2 Å². The van der Waals surface area contributed by atoms with Crippen LogP contribution < -0.4 is 10.6 Å². The fourth-order valence-electron chi connectivity index (χ4n) is 7.54. The number of nitrogens with one attached hydrogen (secondary N) is 2. The van der Waals surface area contributed by atoms with Crippen LogP contribution in [-0.4, -0.2) is 95.5 Å². The number of halogens is 3. The van der Waals surface area contributed by atoms with Gasteiger partial charge in [0, 0.05) is 45.8 Å². The molecule has 3 fully saturated rings. The molecular formula is C40H55F3N4O8. The number of hydrogen-bond donors (Lipinski definition) is 2. The zero-order valence-electron chi connectivity index (χ0n) is 33.2. The summed E-state index contributed by atoms with van der Waals surface area (Å²) in [5, 5.41) is 4.98. The molecule has 12 nitrogen and oxygen atoms in total. The third kappa shape index (κ3) is 10.1. The topological polar surface area (TPSA) is 159 Å². The van der Waals surface area contributed by atoms with Crippen LogP contribution in [0.25, 0.3) is 0 Å². The molecule has 6 atom stereocenters. The first kappa shape index (κ1) is 43.4. The first-order valence-electron chi connectivity index (χ1n) is 18.8. The molecule has 1 aliphatic heterocycles. The summed E-state index contributed by atoms with van der Waals surface area (Å²) in [6, 6.07) is 5.28. The van der Waals surface area contributed by atoms with Crippen LogP contribution in [0.3, 0.4) is 0 Å². The molecule has 0 aromatic heterocycles. The van der Waals surface area contributed by atoms with Crippen LogP contribution in [0.1, 0.15) is 98.6 Å². The Hall–Kier alpha value is -4.30. The van der Waals surface area contributed by atoms with Crippen molar-refractivity contribution in [2.24, 2.45) is 34.5 Å². The van der Waals surface area contributed by atoms with E-state index in [4.69, 9.17) is 4.74 Å². The third-order valence-electron chi connectivity index (χ3n) is 11.3. The summed E-state index contributed by atoms with van der Waals surface area (Å²) < 4.78 is 45.1. The highest BCUT2D eigenvalue weighted by atomic mass is 19.4. The number of ketones is 3. The molecule has 2 aliphatic carbocycles. The van der Waals surface area contributed by atoms with Crippen LogP contribution in [0.15, 0.2) is 30.3 Å². The van der Waals surface area contributed by atoms with Gasteiger partial charge in [-0.2, -0.15) is 13.2 Å². The lowest BCUT2D eigenvalue weighted by Gasteiger charge is -2.38. The lowest BCUT2D eigenvalue weighted by molar-refractivity contribution is -0.244. The van der Waals surface area contributed by atoms with Gasteiger partial charge in [-0.05, 0) is 54.4 Å². The van der Waals surface area contributed by atoms with E-state index in [-0.39, 0.29) is 48.5 Å². The molecule has 3 unspecified atom stereocenters. The number of Topliss-reactive ketones (excluding diaryl/α,β-unsaturated/α-hetero) is 3. The van der Waals surface area contributed by atoms with E-state index in [2.05, 4.69) is 10.6 Å². The number of amides is 4. The number of ether oxygens (including phenoxy) is 1. The Morgan fingerprint density at radius 1 is 0.927 bits per heavy atom. The second-order valence-electron chi connectivity index (χ2n) is 17.7. The van der Waals surface area contributed by atoms with Crippen LogP contribution in [0.4, 0.5) is 18.0 Å². The summed E-state index contributed by atoms with van der Waals surface area (Å²) in [5.41, 5.74) is -3.60. The van der Waals surface area contributed by atoms with Gasteiger partial charge in [-0.3, -0.25) is 28.8 Å². The number of carbonyl (C=O) groups is 7. The molecule has 55 heavy (non-hydrogen) atoms. The minimum atomic E-state index is -4.87. The highest BCUT2D eigenvalue weighted by Gasteiger charge is 2.69. The number of nitrogens with zero attached hydrogens (tertiary/aromatic N) is 2. The molecule has 1 saturated heterocycles. The fourth-order valence-corrected chi connectivity index (χ4v) is 7.54. The maximum atomic E-state index is 14.3. The van der Waals surface area contributed by atoms with Crippen molar-refractivity contribution in [3.63, 3.8) is 0 Å². The highest BCUT2D eigenvalue weighted by molar-refractivity contribution is 6.38. The van der Waals surface area contributed by atoms with Gasteiger partial charge in [0.2, 0.25) is 29.1 Å². The first-order valence-corrected chi connectivity index (χ1v) is 18.8. The predicted molar refractivity (Wildman–Crippen MR) is 195 cm³/mol. The Balaban J connectivity index is 1.47. The second-order valence-corrected chi connectivity index (χ2v) is 17.7. The Labute approximate surface area is 320 Å². The van der Waals surface area contributed by atoms with E-state index < -0.39 is 82.9 Å². The third-order valence-corrected chi connectivity index (χ3v) is 11.3. The van der Waals surface area contributed by atoms with Crippen LogP contribution in [0.5, 0.6) is 0 Å². The van der Waals surface area contributed by atoms with Gasteiger partial charge in [-0.25, -0.2) is 4.79 Å². The quantitative estimate of drug-likeness (QED) is 0.217. The number of carbonyl (C=O) groups excluding carboxylic acids is 7. The average Bonchev–Trinajstić information content (AvgIpc) is 3.93. The van der Waals surface area contributed by atoms with E-state index in [9.17, 15) is 46.7 Å². The largest absolute Gasteiger partial charge is 0.434 e. The van der Waals surface area contributed by atoms with Gasteiger partial charge in [-0.1, -0.05) is 77.8 Å². The molecule has 0 bridgehead atoms. The van der Waals surface area contributed by atoms with Crippen molar-refractivity contribution < 1.29 is 51.5 Å². The lowest BCUT2D eigenvalue weighted by Crippen LogP contribution is -2.59. The van der Waals surface area contributed by atoms with E-state index in [1.165, 1.54) is 9.80 Å². The Morgan fingerprint density at radius 2 is 1.53 bits per heavy atom. The van der Waals surface area contributed by atoms with Gasteiger partial charge in [-0.15, -0.1) is 0 Å². The molecular weight excluding hydrogens is 721 g/mol. The van der Waals surface area contributed by atoms with Gasteiger partial charge in [0.05, 0.1) is 6.04 Å². The number of rotatable bonds is 16. The molecule has 1 heterocycles. The van der Waals surface area contributed by atoms with Crippen molar-refractivity contribution in [1.82, 2.24) is 20.4 Å². The van der Waals surface area contributed by atoms with E-state index >= 15 is 0 Å². The summed E-state index contributed by atoms with van der Waals surface area (Å²) in [6.45, 7) is 10.4. The smallest absolute Gasteiger partial charge is 0.427 e. The van der Waals surface area contributed by atoms with Crippen molar-refractivity contribution in [2.45, 2.75) is 117 Å². The van der Waals surface area contributed by atoms with Gasteiger partial charge >= 0.3 is 12.3 Å².